The first-order valence-electron chi connectivity index (χ1n) is 12.7. The minimum atomic E-state index is -1.19. The number of aromatic amines is 2. The van der Waals surface area contributed by atoms with Crippen LogP contribution in [0.15, 0.2) is 60.9 Å². The van der Waals surface area contributed by atoms with Crippen LogP contribution in [-0.2, 0) is 6.42 Å². The van der Waals surface area contributed by atoms with Crippen molar-refractivity contribution < 1.29 is 10.2 Å². The van der Waals surface area contributed by atoms with Crippen LogP contribution in [0, 0.1) is 18.8 Å². The molecule has 4 N–H and O–H groups in total. The Morgan fingerprint density at radius 3 is 2.71 bits per heavy atom. The molecule has 34 heavy (non-hydrogen) atoms. The molecule has 3 aliphatic rings. The predicted octanol–water partition coefficient (Wildman–Crippen LogP) is 4.97. The molecule has 4 heteroatoms. The van der Waals surface area contributed by atoms with E-state index in [1.807, 2.05) is 6.20 Å². The first kappa shape index (κ1) is 24.3. The van der Waals surface area contributed by atoms with Crippen molar-refractivity contribution in [2.45, 2.75) is 64.6 Å². The van der Waals surface area contributed by atoms with Crippen LogP contribution < -0.4 is 10.7 Å². The second-order valence-electron chi connectivity index (χ2n) is 9.66. The Morgan fingerprint density at radius 1 is 0.971 bits per heavy atom. The predicted molar refractivity (Wildman–Crippen MR) is 140 cm³/mol. The number of hydrogen-bond donors (Lipinski definition) is 4. The lowest BCUT2D eigenvalue weighted by molar-refractivity contribution is -0.0874. The first-order chi connectivity index (χ1) is 16.6. The number of nitrogens with one attached hydrogen (secondary N) is 2. The number of pyridine rings is 1. The number of aliphatic hydroxyl groups excluding tert-OH is 1. The van der Waals surface area contributed by atoms with E-state index in [0.717, 1.165) is 62.1 Å². The molecular formula is C30H38N2O2. The molecule has 180 valence electrons. The Bertz CT molecular complexity index is 1190. The van der Waals surface area contributed by atoms with Crippen LogP contribution in [0.5, 0.6) is 0 Å². The Balaban J connectivity index is 1.53. The molecule has 2 heterocycles. The number of hydrogen-bond acceptors (Lipinski definition) is 2. The molecule has 0 aromatic heterocycles. The van der Waals surface area contributed by atoms with Gasteiger partial charge in [0.25, 0.3) is 0 Å². The van der Waals surface area contributed by atoms with Gasteiger partial charge >= 0.3 is 0 Å². The zero-order chi connectivity index (χ0) is 23.8. The molecule has 1 aliphatic carbocycles. The quantitative estimate of drug-likeness (QED) is 0.239. The molecule has 2 unspecified atom stereocenters. The van der Waals surface area contributed by atoms with E-state index < -0.39 is 6.29 Å². The van der Waals surface area contributed by atoms with E-state index in [1.165, 1.54) is 22.3 Å². The minimum Gasteiger partial charge on any atom is -0.368 e. The number of aryl methyl sites for hydroxylation is 2. The summed E-state index contributed by atoms with van der Waals surface area (Å²) in [4.78, 5) is 6.97. The van der Waals surface area contributed by atoms with Crippen molar-refractivity contribution in [2.75, 3.05) is 0 Å². The fourth-order valence-electron chi connectivity index (χ4n) is 5.07. The van der Waals surface area contributed by atoms with E-state index >= 15 is 0 Å². The number of H-pyrrole nitrogens is 2. The number of unbranched alkanes of at least 4 members (excludes halogenated alkanes) is 1. The highest BCUT2D eigenvalue weighted by Crippen LogP contribution is 2.29. The topological polar surface area (TPSA) is 72.0 Å². The average Bonchev–Trinajstić information content (AvgIpc) is 3.05. The van der Waals surface area contributed by atoms with Crippen LogP contribution in [0.25, 0.3) is 23.3 Å². The number of fused-ring (bicyclic) bond motifs is 1. The second kappa shape index (κ2) is 12.0. The molecule has 1 aromatic rings. The van der Waals surface area contributed by atoms with Gasteiger partial charge in [0.2, 0.25) is 0 Å². The third-order valence-electron chi connectivity index (χ3n) is 7.20. The number of benzene rings is 1. The molecule has 1 aromatic carbocycles. The summed E-state index contributed by atoms with van der Waals surface area (Å²) in [6, 6.07) is 17.2. The van der Waals surface area contributed by atoms with Crippen LogP contribution in [0.3, 0.4) is 0 Å². The molecule has 4 nitrogen and oxygen atoms in total. The van der Waals surface area contributed by atoms with Gasteiger partial charge in [-0.3, -0.25) is 0 Å². The van der Waals surface area contributed by atoms with Gasteiger partial charge in [0.05, 0.1) is 0 Å². The van der Waals surface area contributed by atoms with E-state index in [-0.39, 0.29) is 5.92 Å². The van der Waals surface area contributed by atoms with Crippen LogP contribution in [0.4, 0.5) is 0 Å². The van der Waals surface area contributed by atoms with Crippen molar-refractivity contribution in [3.63, 3.8) is 0 Å². The van der Waals surface area contributed by atoms with Gasteiger partial charge in [0.1, 0.15) is 0 Å². The zero-order valence-corrected chi connectivity index (χ0v) is 20.2. The standard InChI is InChI=1S/C30H38N2O2/c1-22-8-2-3-10-24(22)11-4-5-14-27-15-7-12-25-18-19-31-29(28(25)21-32-27)20-23-9-6-13-26(17-16-23)30(33)34/h2-3,7-8,10,12,14-15,18-21,23,26,30-34H,4-6,9,11,13,16-17H2,1H3/b15-7?,25-12?,27-14+,28-21?,29-20+. The number of rotatable bonds is 6. The second-order valence-corrected chi connectivity index (χ2v) is 9.66. The van der Waals surface area contributed by atoms with Gasteiger partial charge in [0.15, 0.2) is 6.29 Å². The molecule has 1 saturated carbocycles. The van der Waals surface area contributed by atoms with Gasteiger partial charge < -0.3 is 20.2 Å². The summed E-state index contributed by atoms with van der Waals surface area (Å²) in [6.07, 6.45) is 15.7. The van der Waals surface area contributed by atoms with Crippen molar-refractivity contribution >= 4 is 12.2 Å². The summed E-state index contributed by atoms with van der Waals surface area (Å²) in [5.74, 6) is 0.446. The van der Waals surface area contributed by atoms with Crippen molar-refractivity contribution in [1.29, 1.82) is 0 Å². The highest BCUT2D eigenvalue weighted by molar-refractivity contribution is 5.63. The fraction of sp³-hybridized carbons (Fsp3) is 0.400. The largest absolute Gasteiger partial charge is 0.368 e. The minimum absolute atomic E-state index is 0.00369. The molecule has 1 fully saturated rings. The molecule has 4 rings (SSSR count). The molecule has 2 atom stereocenters. The van der Waals surface area contributed by atoms with E-state index in [1.54, 1.807) is 0 Å². The maximum absolute atomic E-state index is 9.58. The molecule has 0 spiro atoms. The Morgan fingerprint density at radius 2 is 1.85 bits per heavy atom. The molecule has 2 aliphatic heterocycles. The van der Waals surface area contributed by atoms with Gasteiger partial charge in [0, 0.05) is 34.6 Å². The Kier molecular flexibility index (Phi) is 8.62. The van der Waals surface area contributed by atoms with E-state index in [9.17, 15) is 10.2 Å². The summed E-state index contributed by atoms with van der Waals surface area (Å²) < 4.78 is 0. The van der Waals surface area contributed by atoms with Crippen molar-refractivity contribution in [2.24, 2.45) is 11.8 Å². The van der Waals surface area contributed by atoms with Crippen LogP contribution in [0.2, 0.25) is 0 Å². The lowest BCUT2D eigenvalue weighted by atomic mass is 9.96. The average molecular weight is 459 g/mol. The summed E-state index contributed by atoms with van der Waals surface area (Å²) >= 11 is 0. The van der Waals surface area contributed by atoms with Crippen molar-refractivity contribution in [1.82, 2.24) is 9.97 Å². The van der Waals surface area contributed by atoms with E-state index in [2.05, 4.69) is 83.8 Å². The Labute approximate surface area is 202 Å². The third kappa shape index (κ3) is 6.62. The highest BCUT2D eigenvalue weighted by atomic mass is 16.5. The van der Waals surface area contributed by atoms with Crippen molar-refractivity contribution in [3.05, 3.63) is 82.7 Å². The summed E-state index contributed by atoms with van der Waals surface area (Å²) in [7, 11) is 0. The summed E-state index contributed by atoms with van der Waals surface area (Å²) in [5, 5.41) is 21.4. The normalized spacial score (nSPS) is 20.0. The molecular weight excluding hydrogens is 420 g/mol. The lowest BCUT2D eigenvalue weighted by Gasteiger charge is -2.15. The SMILES string of the molecule is Cc1ccccc1CCC/C=c1\cccc2cc[nH]/c(=C/C3CCCC(C(O)O)CC3)c-2c[nH]1. The summed E-state index contributed by atoms with van der Waals surface area (Å²) in [6.45, 7) is 2.18. The maximum Gasteiger partial charge on any atom is 0.154 e. The lowest BCUT2D eigenvalue weighted by Crippen LogP contribution is -2.19. The first-order valence-corrected chi connectivity index (χ1v) is 12.7. The molecule has 0 amide bonds. The highest BCUT2D eigenvalue weighted by Gasteiger charge is 2.22. The molecule has 0 radical (unpaired) electrons. The summed E-state index contributed by atoms with van der Waals surface area (Å²) in [5.41, 5.74) is 5.16. The van der Waals surface area contributed by atoms with Gasteiger partial charge in [-0.1, -0.05) is 55.0 Å². The Hall–Kier alpha value is -2.82. The van der Waals surface area contributed by atoms with Gasteiger partial charge in [-0.2, -0.15) is 0 Å². The fourth-order valence-corrected chi connectivity index (χ4v) is 5.07. The van der Waals surface area contributed by atoms with Crippen molar-refractivity contribution in [3.8, 4) is 11.1 Å². The number of aromatic nitrogens is 2. The maximum atomic E-state index is 9.58. The molecule has 0 saturated heterocycles. The zero-order valence-electron chi connectivity index (χ0n) is 20.2. The van der Waals surface area contributed by atoms with E-state index in [4.69, 9.17) is 0 Å². The third-order valence-corrected chi connectivity index (χ3v) is 7.20. The number of aliphatic hydroxyl groups is 2. The van der Waals surface area contributed by atoms with Crippen LogP contribution >= 0.6 is 0 Å². The van der Waals surface area contributed by atoms with Crippen LogP contribution in [0.1, 0.15) is 56.1 Å². The van der Waals surface area contributed by atoms with Gasteiger partial charge in [-0.15, -0.1) is 0 Å². The smallest absolute Gasteiger partial charge is 0.154 e. The van der Waals surface area contributed by atoms with E-state index in [0.29, 0.717) is 5.92 Å². The van der Waals surface area contributed by atoms with Gasteiger partial charge in [-0.05, 0) is 86.6 Å². The molecule has 0 bridgehead atoms. The van der Waals surface area contributed by atoms with Crippen LogP contribution in [-0.4, -0.2) is 26.5 Å². The monoisotopic (exact) mass is 458 g/mol. The van der Waals surface area contributed by atoms with Gasteiger partial charge in [-0.25, -0.2) is 0 Å².